The van der Waals surface area contributed by atoms with Crippen molar-refractivity contribution in [2.24, 2.45) is 4.99 Å². The molecule has 0 amide bonds. The zero-order valence-electron chi connectivity index (χ0n) is 17.9. The molecule has 32 heavy (non-hydrogen) atoms. The zero-order valence-corrected chi connectivity index (χ0v) is 21.0. The molecule has 1 aromatic heterocycles. The van der Waals surface area contributed by atoms with E-state index in [1.165, 1.54) is 0 Å². The number of benzene rings is 2. The molecule has 1 N–H and O–H groups in total. The number of hydrogen-bond acceptors (Lipinski definition) is 5. The number of guanidine groups is 1. The first kappa shape index (κ1) is 24.3. The minimum atomic E-state index is 0. The molecule has 2 heterocycles. The third-order valence-corrected chi connectivity index (χ3v) is 5.41. The van der Waals surface area contributed by atoms with Crippen LogP contribution in [0.15, 0.2) is 64.1 Å². The number of para-hydroxylation sites is 1. The molecule has 0 aliphatic carbocycles. The number of likely N-dealkylation sites (tertiary alicyclic amines) is 1. The van der Waals surface area contributed by atoms with E-state index in [4.69, 9.17) is 20.9 Å². The molecule has 1 saturated heterocycles. The smallest absolute Gasteiger partial charge is 0.228 e. The van der Waals surface area contributed by atoms with Gasteiger partial charge in [-0.05, 0) is 24.3 Å². The van der Waals surface area contributed by atoms with Crippen molar-refractivity contribution in [2.75, 3.05) is 26.7 Å². The van der Waals surface area contributed by atoms with Gasteiger partial charge in [0.05, 0.1) is 0 Å². The van der Waals surface area contributed by atoms with E-state index in [0.717, 1.165) is 43.2 Å². The van der Waals surface area contributed by atoms with E-state index in [-0.39, 0.29) is 30.1 Å². The number of halogens is 2. The standard InChI is InChI=1S/C23H26ClN5O2.HI/c1-25-23(29-14-11-20(12-15-29)30-19-8-3-2-4-9-19)26-13-10-21-27-22(28-31-21)17-6-5-7-18(24)16-17;/h2-9,16,20H,10-15H2,1H3,(H,25,26);1H. The summed E-state index contributed by atoms with van der Waals surface area (Å²) in [7, 11) is 1.80. The maximum atomic E-state index is 6.08. The Balaban J connectivity index is 0.00000289. The number of rotatable bonds is 6. The third-order valence-electron chi connectivity index (χ3n) is 5.17. The van der Waals surface area contributed by atoms with Crippen LogP contribution in [0.4, 0.5) is 0 Å². The van der Waals surface area contributed by atoms with Crippen LogP contribution in [0.3, 0.4) is 0 Å². The van der Waals surface area contributed by atoms with Crippen LogP contribution in [-0.4, -0.2) is 53.8 Å². The summed E-state index contributed by atoms with van der Waals surface area (Å²) in [5.74, 6) is 2.93. The summed E-state index contributed by atoms with van der Waals surface area (Å²) in [6.45, 7) is 2.46. The molecule has 1 fully saturated rings. The Bertz CT molecular complexity index is 1010. The van der Waals surface area contributed by atoms with Gasteiger partial charge in [0.2, 0.25) is 11.7 Å². The fraction of sp³-hybridized carbons (Fsp3) is 0.348. The van der Waals surface area contributed by atoms with Crippen LogP contribution in [0.2, 0.25) is 5.02 Å². The lowest BCUT2D eigenvalue weighted by Crippen LogP contribution is -2.47. The number of piperidine rings is 1. The molecule has 9 heteroatoms. The normalized spacial score (nSPS) is 14.7. The maximum Gasteiger partial charge on any atom is 0.228 e. The summed E-state index contributed by atoms with van der Waals surface area (Å²) in [6, 6.07) is 17.4. The van der Waals surface area contributed by atoms with Crippen LogP contribution in [0.5, 0.6) is 5.75 Å². The third kappa shape index (κ3) is 6.59. The fourth-order valence-electron chi connectivity index (χ4n) is 3.59. The fourth-order valence-corrected chi connectivity index (χ4v) is 3.78. The topological polar surface area (TPSA) is 75.8 Å². The van der Waals surface area contributed by atoms with Gasteiger partial charge in [0, 0.05) is 56.5 Å². The average Bonchev–Trinajstić information content (AvgIpc) is 3.27. The summed E-state index contributed by atoms with van der Waals surface area (Å²) in [6.07, 6.45) is 2.77. The molecule has 3 aromatic rings. The molecule has 0 bridgehead atoms. The van der Waals surface area contributed by atoms with Crippen LogP contribution in [0.1, 0.15) is 18.7 Å². The Morgan fingerprint density at radius 2 is 1.97 bits per heavy atom. The molecule has 1 aliphatic heterocycles. The lowest BCUT2D eigenvalue weighted by molar-refractivity contribution is 0.129. The zero-order chi connectivity index (χ0) is 21.5. The number of aromatic nitrogens is 2. The summed E-state index contributed by atoms with van der Waals surface area (Å²) in [5, 5.41) is 8.09. The SMILES string of the molecule is CN=C(NCCc1nc(-c2cccc(Cl)c2)no1)N1CCC(Oc2ccccc2)CC1.I. The highest BCUT2D eigenvalue weighted by Crippen LogP contribution is 2.20. The van der Waals surface area contributed by atoms with Crippen LogP contribution < -0.4 is 10.1 Å². The van der Waals surface area contributed by atoms with Crippen LogP contribution in [0, 0.1) is 0 Å². The largest absolute Gasteiger partial charge is 0.490 e. The molecule has 0 spiro atoms. The van der Waals surface area contributed by atoms with Gasteiger partial charge in [-0.2, -0.15) is 4.98 Å². The summed E-state index contributed by atoms with van der Waals surface area (Å²) in [4.78, 5) is 11.1. The highest BCUT2D eigenvalue weighted by molar-refractivity contribution is 14.0. The molecular formula is C23H27ClIN5O2. The van der Waals surface area contributed by atoms with Gasteiger partial charge >= 0.3 is 0 Å². The number of hydrogen-bond donors (Lipinski definition) is 1. The summed E-state index contributed by atoms with van der Waals surface area (Å²) >= 11 is 6.04. The van der Waals surface area contributed by atoms with E-state index in [2.05, 4.69) is 25.3 Å². The Hall–Kier alpha value is -2.33. The quantitative estimate of drug-likeness (QED) is 0.265. The van der Waals surface area contributed by atoms with Crippen molar-refractivity contribution in [1.29, 1.82) is 0 Å². The molecule has 7 nitrogen and oxygen atoms in total. The van der Waals surface area contributed by atoms with Crippen molar-refractivity contribution in [1.82, 2.24) is 20.4 Å². The van der Waals surface area contributed by atoms with Crippen molar-refractivity contribution in [3.8, 4) is 17.1 Å². The minimum absolute atomic E-state index is 0. The van der Waals surface area contributed by atoms with Gasteiger partial charge in [-0.25, -0.2) is 0 Å². The van der Waals surface area contributed by atoms with Crippen molar-refractivity contribution < 1.29 is 9.26 Å². The minimum Gasteiger partial charge on any atom is -0.490 e. The molecule has 170 valence electrons. The number of nitrogens with one attached hydrogen (secondary N) is 1. The monoisotopic (exact) mass is 567 g/mol. The van der Waals surface area contributed by atoms with Crippen LogP contribution in [-0.2, 0) is 6.42 Å². The van der Waals surface area contributed by atoms with Gasteiger partial charge in [0.15, 0.2) is 5.96 Å². The van der Waals surface area contributed by atoms with Crippen molar-refractivity contribution in [2.45, 2.75) is 25.4 Å². The Kier molecular flexibility index (Phi) is 9.16. The first-order valence-corrected chi connectivity index (χ1v) is 10.8. The lowest BCUT2D eigenvalue weighted by atomic mass is 10.1. The Morgan fingerprint density at radius 3 is 2.69 bits per heavy atom. The molecular weight excluding hydrogens is 541 g/mol. The summed E-state index contributed by atoms with van der Waals surface area (Å²) in [5.41, 5.74) is 0.840. The van der Waals surface area contributed by atoms with Crippen molar-refractivity contribution >= 4 is 41.5 Å². The van der Waals surface area contributed by atoms with E-state index in [1.54, 1.807) is 7.05 Å². The number of nitrogens with zero attached hydrogens (tertiary/aromatic N) is 4. The number of ether oxygens (including phenoxy) is 1. The lowest BCUT2D eigenvalue weighted by Gasteiger charge is -2.34. The van der Waals surface area contributed by atoms with Crippen LogP contribution >= 0.6 is 35.6 Å². The Morgan fingerprint density at radius 1 is 1.19 bits per heavy atom. The second kappa shape index (κ2) is 12.1. The summed E-state index contributed by atoms with van der Waals surface area (Å²) < 4.78 is 11.5. The van der Waals surface area contributed by atoms with Gasteiger partial charge in [0.1, 0.15) is 11.9 Å². The van der Waals surface area contributed by atoms with Gasteiger partial charge < -0.3 is 19.5 Å². The molecule has 0 unspecified atom stereocenters. The predicted octanol–water partition coefficient (Wildman–Crippen LogP) is 4.67. The molecule has 4 rings (SSSR count). The van der Waals surface area contributed by atoms with Gasteiger partial charge in [0.25, 0.3) is 0 Å². The first-order valence-electron chi connectivity index (χ1n) is 10.5. The molecule has 0 saturated carbocycles. The molecule has 1 aliphatic rings. The van der Waals surface area contributed by atoms with E-state index in [1.807, 2.05) is 54.6 Å². The average molecular weight is 568 g/mol. The van der Waals surface area contributed by atoms with Gasteiger partial charge in [-0.3, -0.25) is 4.99 Å². The Labute approximate surface area is 210 Å². The second-order valence-corrected chi connectivity index (χ2v) is 7.80. The molecule has 0 atom stereocenters. The maximum absolute atomic E-state index is 6.08. The highest BCUT2D eigenvalue weighted by atomic mass is 127. The van der Waals surface area contributed by atoms with E-state index < -0.39 is 0 Å². The molecule has 0 radical (unpaired) electrons. The predicted molar refractivity (Wildman–Crippen MR) is 137 cm³/mol. The molecule has 2 aromatic carbocycles. The van der Waals surface area contributed by atoms with Crippen molar-refractivity contribution in [3.63, 3.8) is 0 Å². The van der Waals surface area contributed by atoms with Crippen molar-refractivity contribution in [3.05, 3.63) is 65.5 Å². The number of aliphatic imine (C=N–C) groups is 1. The van der Waals surface area contributed by atoms with E-state index in [9.17, 15) is 0 Å². The van der Waals surface area contributed by atoms with Gasteiger partial charge in [-0.15, -0.1) is 24.0 Å². The second-order valence-electron chi connectivity index (χ2n) is 7.36. The first-order chi connectivity index (χ1) is 15.2. The van der Waals surface area contributed by atoms with Crippen LogP contribution in [0.25, 0.3) is 11.4 Å². The van der Waals surface area contributed by atoms with E-state index in [0.29, 0.717) is 29.7 Å². The highest BCUT2D eigenvalue weighted by Gasteiger charge is 2.22. The van der Waals surface area contributed by atoms with E-state index >= 15 is 0 Å². The van der Waals surface area contributed by atoms with Gasteiger partial charge in [-0.1, -0.05) is 47.1 Å².